The molecule has 3 nitrogen and oxygen atoms in total. The van der Waals surface area contributed by atoms with Crippen molar-refractivity contribution in [2.45, 2.75) is 19.4 Å². The second-order valence-corrected chi connectivity index (χ2v) is 3.74. The van der Waals surface area contributed by atoms with Gasteiger partial charge in [-0.25, -0.2) is 0 Å². The Morgan fingerprint density at radius 2 is 2.38 bits per heavy atom. The fourth-order valence-electron chi connectivity index (χ4n) is 1.19. The van der Waals surface area contributed by atoms with Crippen LogP contribution in [0.15, 0.2) is 18.2 Å². The van der Waals surface area contributed by atoms with E-state index >= 15 is 0 Å². The van der Waals surface area contributed by atoms with Crippen LogP contribution in [0.5, 0.6) is 0 Å². The second-order valence-electron chi connectivity index (χ2n) is 3.34. The van der Waals surface area contributed by atoms with E-state index in [0.29, 0.717) is 22.7 Å². The molecule has 1 rings (SSSR count). The molecule has 0 saturated carbocycles. The van der Waals surface area contributed by atoms with Crippen LogP contribution in [-0.4, -0.2) is 11.9 Å². The molecule has 84 valence electrons. The first-order valence-corrected chi connectivity index (χ1v) is 5.28. The standard InChI is InChI=1S/C12H13ClN2O/c1-3-9(4-2)15-12(16)8-5-6-10(13)11(14)7-8/h1,5-7,9H,4,14H2,2H3,(H,15,16). The number of carbonyl (C=O) groups is 1. The van der Waals surface area contributed by atoms with E-state index in [1.807, 2.05) is 6.92 Å². The lowest BCUT2D eigenvalue weighted by Crippen LogP contribution is -2.33. The van der Waals surface area contributed by atoms with E-state index in [0.717, 1.165) is 0 Å². The normalized spacial score (nSPS) is 11.6. The van der Waals surface area contributed by atoms with Crippen LogP contribution >= 0.6 is 11.6 Å². The maximum absolute atomic E-state index is 11.7. The summed E-state index contributed by atoms with van der Waals surface area (Å²) in [6.07, 6.45) is 5.94. The predicted octanol–water partition coefficient (Wildman–Crippen LogP) is 2.06. The number of nitrogen functional groups attached to an aromatic ring is 1. The Morgan fingerprint density at radius 3 is 2.88 bits per heavy atom. The number of hydrogen-bond donors (Lipinski definition) is 2. The molecule has 1 aromatic carbocycles. The Morgan fingerprint density at radius 1 is 1.69 bits per heavy atom. The van der Waals surface area contributed by atoms with E-state index in [1.165, 1.54) is 6.07 Å². The molecular formula is C12H13ClN2O. The Kier molecular flexibility index (Phi) is 4.21. The number of amides is 1. The number of anilines is 1. The van der Waals surface area contributed by atoms with Crippen molar-refractivity contribution >= 4 is 23.2 Å². The van der Waals surface area contributed by atoms with Gasteiger partial charge in [0.15, 0.2) is 0 Å². The molecule has 0 spiro atoms. The molecule has 1 atom stereocenters. The molecule has 0 bridgehead atoms. The van der Waals surface area contributed by atoms with Gasteiger partial charge in [-0.3, -0.25) is 4.79 Å². The maximum atomic E-state index is 11.7. The summed E-state index contributed by atoms with van der Waals surface area (Å²) in [5, 5.41) is 3.14. The van der Waals surface area contributed by atoms with Crippen LogP contribution in [0.3, 0.4) is 0 Å². The molecule has 1 amide bonds. The monoisotopic (exact) mass is 236 g/mol. The summed E-state index contributed by atoms with van der Waals surface area (Å²) in [5.41, 5.74) is 6.43. The molecule has 0 radical (unpaired) electrons. The van der Waals surface area contributed by atoms with Crippen molar-refractivity contribution in [2.24, 2.45) is 0 Å². The first-order valence-electron chi connectivity index (χ1n) is 4.90. The fraction of sp³-hybridized carbons (Fsp3) is 0.250. The van der Waals surface area contributed by atoms with Gasteiger partial charge in [0.25, 0.3) is 5.91 Å². The SMILES string of the molecule is C#CC(CC)NC(=O)c1ccc(Cl)c(N)c1. The van der Waals surface area contributed by atoms with Crippen molar-refractivity contribution in [1.29, 1.82) is 0 Å². The van der Waals surface area contributed by atoms with E-state index in [2.05, 4.69) is 11.2 Å². The minimum Gasteiger partial charge on any atom is -0.398 e. The van der Waals surface area contributed by atoms with E-state index in [1.54, 1.807) is 12.1 Å². The van der Waals surface area contributed by atoms with Crippen LogP contribution in [0.2, 0.25) is 5.02 Å². The number of halogens is 1. The zero-order valence-electron chi connectivity index (χ0n) is 8.96. The zero-order valence-corrected chi connectivity index (χ0v) is 9.71. The van der Waals surface area contributed by atoms with Gasteiger partial charge >= 0.3 is 0 Å². The summed E-state index contributed by atoms with van der Waals surface area (Å²) in [6, 6.07) is 4.46. The van der Waals surface area contributed by atoms with Gasteiger partial charge in [-0.15, -0.1) is 6.42 Å². The minimum atomic E-state index is -0.260. The van der Waals surface area contributed by atoms with E-state index in [9.17, 15) is 4.79 Å². The van der Waals surface area contributed by atoms with Crippen molar-refractivity contribution in [3.63, 3.8) is 0 Å². The summed E-state index contributed by atoms with van der Waals surface area (Å²) >= 11 is 5.76. The molecule has 0 aromatic heterocycles. The topological polar surface area (TPSA) is 55.1 Å². The van der Waals surface area contributed by atoms with Crippen molar-refractivity contribution in [3.05, 3.63) is 28.8 Å². The van der Waals surface area contributed by atoms with Gasteiger partial charge < -0.3 is 11.1 Å². The summed E-state index contributed by atoms with van der Waals surface area (Å²) in [5.74, 6) is 2.25. The third-order valence-electron chi connectivity index (χ3n) is 2.17. The van der Waals surface area contributed by atoms with Crippen molar-refractivity contribution in [3.8, 4) is 12.3 Å². The highest BCUT2D eigenvalue weighted by atomic mass is 35.5. The van der Waals surface area contributed by atoms with Crippen LogP contribution in [0.25, 0.3) is 0 Å². The van der Waals surface area contributed by atoms with Crippen LogP contribution in [-0.2, 0) is 0 Å². The largest absolute Gasteiger partial charge is 0.398 e. The lowest BCUT2D eigenvalue weighted by atomic mass is 10.1. The van der Waals surface area contributed by atoms with E-state index < -0.39 is 0 Å². The van der Waals surface area contributed by atoms with Gasteiger partial charge in [-0.2, -0.15) is 0 Å². The number of benzene rings is 1. The lowest BCUT2D eigenvalue weighted by Gasteiger charge is -2.11. The first kappa shape index (κ1) is 12.4. The first-order chi connectivity index (χ1) is 7.58. The number of nitrogens with two attached hydrogens (primary N) is 1. The smallest absolute Gasteiger partial charge is 0.252 e. The second kappa shape index (κ2) is 5.43. The molecule has 3 N–H and O–H groups in total. The molecule has 16 heavy (non-hydrogen) atoms. The van der Waals surface area contributed by atoms with Gasteiger partial charge in [-0.1, -0.05) is 24.4 Å². The Labute approximate surface area is 100.0 Å². The predicted molar refractivity (Wildman–Crippen MR) is 66.2 cm³/mol. The average molecular weight is 237 g/mol. The zero-order chi connectivity index (χ0) is 12.1. The molecule has 0 saturated heterocycles. The van der Waals surface area contributed by atoms with Gasteiger partial charge in [0, 0.05) is 5.56 Å². The molecular weight excluding hydrogens is 224 g/mol. The average Bonchev–Trinajstić information content (AvgIpc) is 2.29. The molecule has 4 heteroatoms. The highest BCUT2D eigenvalue weighted by molar-refractivity contribution is 6.33. The van der Waals surface area contributed by atoms with Crippen LogP contribution in [0.1, 0.15) is 23.7 Å². The summed E-state index contributed by atoms with van der Waals surface area (Å²) < 4.78 is 0. The van der Waals surface area contributed by atoms with Gasteiger partial charge in [0.05, 0.1) is 16.8 Å². The Bertz CT molecular complexity index is 437. The van der Waals surface area contributed by atoms with E-state index in [4.69, 9.17) is 23.8 Å². The number of nitrogens with one attached hydrogen (secondary N) is 1. The molecule has 0 aliphatic rings. The molecule has 0 fully saturated rings. The van der Waals surface area contributed by atoms with Crippen molar-refractivity contribution < 1.29 is 4.79 Å². The quantitative estimate of drug-likeness (QED) is 0.624. The van der Waals surface area contributed by atoms with Crippen LogP contribution < -0.4 is 11.1 Å². The van der Waals surface area contributed by atoms with Gasteiger partial charge in [0.1, 0.15) is 0 Å². The molecule has 0 heterocycles. The highest BCUT2D eigenvalue weighted by Crippen LogP contribution is 2.19. The fourth-order valence-corrected chi connectivity index (χ4v) is 1.31. The highest BCUT2D eigenvalue weighted by Gasteiger charge is 2.10. The summed E-state index contributed by atoms with van der Waals surface area (Å²) in [6.45, 7) is 1.90. The lowest BCUT2D eigenvalue weighted by molar-refractivity contribution is 0.0945. The number of rotatable bonds is 3. The summed E-state index contributed by atoms with van der Waals surface area (Å²) in [7, 11) is 0. The maximum Gasteiger partial charge on any atom is 0.252 e. The van der Waals surface area contributed by atoms with Crippen LogP contribution in [0, 0.1) is 12.3 Å². The number of terminal acetylenes is 1. The van der Waals surface area contributed by atoms with Crippen molar-refractivity contribution in [2.75, 3.05) is 5.73 Å². The third kappa shape index (κ3) is 2.91. The Balaban J connectivity index is 2.81. The molecule has 1 unspecified atom stereocenters. The minimum absolute atomic E-state index is 0.242. The number of hydrogen-bond acceptors (Lipinski definition) is 2. The molecule has 0 aliphatic heterocycles. The molecule has 0 aliphatic carbocycles. The van der Waals surface area contributed by atoms with Gasteiger partial charge in [-0.05, 0) is 24.6 Å². The number of carbonyl (C=O) groups excluding carboxylic acids is 1. The summed E-state index contributed by atoms with van der Waals surface area (Å²) in [4.78, 5) is 11.7. The Hall–Kier alpha value is -1.66. The van der Waals surface area contributed by atoms with Gasteiger partial charge in [0.2, 0.25) is 0 Å². The van der Waals surface area contributed by atoms with E-state index in [-0.39, 0.29) is 11.9 Å². The molecule has 1 aromatic rings. The van der Waals surface area contributed by atoms with Crippen LogP contribution in [0.4, 0.5) is 5.69 Å². The van der Waals surface area contributed by atoms with Crippen molar-refractivity contribution in [1.82, 2.24) is 5.32 Å². The third-order valence-corrected chi connectivity index (χ3v) is 2.52.